The Balaban J connectivity index is 1.93. The standard InChI is InChI=1S/C22H30N4O5/c1-22(2,3)18-13-15(24(4)23-18)21(28)26-10-8-9-25(26)20(27)14-11-16(29-5)19(31-7)17(12-14)30-6/h11-13H,8-10H2,1-7H3. The van der Waals surface area contributed by atoms with Crippen molar-refractivity contribution in [2.24, 2.45) is 7.05 Å². The van der Waals surface area contributed by atoms with E-state index in [2.05, 4.69) is 5.10 Å². The number of amides is 2. The fourth-order valence-electron chi connectivity index (χ4n) is 3.55. The topological polar surface area (TPSA) is 86.1 Å². The second-order valence-electron chi connectivity index (χ2n) is 8.41. The Bertz CT molecular complexity index is 967. The van der Waals surface area contributed by atoms with Crippen LogP contribution in [0.2, 0.25) is 0 Å². The smallest absolute Gasteiger partial charge is 0.290 e. The summed E-state index contributed by atoms with van der Waals surface area (Å²) in [5.74, 6) is 0.583. The van der Waals surface area contributed by atoms with E-state index in [0.717, 1.165) is 5.69 Å². The second kappa shape index (κ2) is 8.49. The van der Waals surface area contributed by atoms with Crippen LogP contribution in [0.25, 0.3) is 0 Å². The molecule has 9 heteroatoms. The Hall–Kier alpha value is -3.23. The van der Waals surface area contributed by atoms with Gasteiger partial charge >= 0.3 is 0 Å². The third kappa shape index (κ3) is 4.17. The predicted octanol–water partition coefficient (Wildman–Crippen LogP) is 2.65. The molecule has 0 saturated carbocycles. The molecule has 1 fully saturated rings. The van der Waals surface area contributed by atoms with E-state index < -0.39 is 0 Å². The van der Waals surface area contributed by atoms with Gasteiger partial charge in [0.1, 0.15) is 5.69 Å². The number of hydrogen-bond acceptors (Lipinski definition) is 6. The number of hydrazine groups is 1. The molecule has 0 N–H and O–H groups in total. The van der Waals surface area contributed by atoms with E-state index in [0.29, 0.717) is 48.0 Å². The first kappa shape index (κ1) is 22.5. The maximum atomic E-state index is 13.3. The zero-order chi connectivity index (χ0) is 22.9. The van der Waals surface area contributed by atoms with E-state index >= 15 is 0 Å². The number of methoxy groups -OCH3 is 3. The summed E-state index contributed by atoms with van der Waals surface area (Å²) in [6.07, 6.45) is 0.686. The van der Waals surface area contributed by atoms with Crippen molar-refractivity contribution in [3.05, 3.63) is 35.2 Å². The molecular formula is C22H30N4O5. The van der Waals surface area contributed by atoms with Crippen molar-refractivity contribution in [1.29, 1.82) is 0 Å². The molecule has 0 radical (unpaired) electrons. The summed E-state index contributed by atoms with van der Waals surface area (Å²) >= 11 is 0. The zero-order valence-corrected chi connectivity index (χ0v) is 19.2. The SMILES string of the molecule is COc1cc(C(=O)N2CCCN2C(=O)c2cc(C(C)(C)C)nn2C)cc(OC)c1OC. The van der Waals surface area contributed by atoms with Crippen LogP contribution in [0.15, 0.2) is 18.2 Å². The minimum absolute atomic E-state index is 0.187. The number of benzene rings is 1. The summed E-state index contributed by atoms with van der Waals surface area (Å²) in [6.45, 7) is 7.01. The van der Waals surface area contributed by atoms with Crippen LogP contribution >= 0.6 is 0 Å². The van der Waals surface area contributed by atoms with Crippen LogP contribution in [0, 0.1) is 0 Å². The van der Waals surface area contributed by atoms with Gasteiger partial charge in [-0.25, -0.2) is 10.0 Å². The lowest BCUT2D eigenvalue weighted by Gasteiger charge is -2.28. The van der Waals surface area contributed by atoms with E-state index in [9.17, 15) is 9.59 Å². The Morgan fingerprint density at radius 2 is 1.45 bits per heavy atom. The average Bonchev–Trinajstić information content (AvgIpc) is 3.38. The monoisotopic (exact) mass is 430 g/mol. The zero-order valence-electron chi connectivity index (χ0n) is 19.2. The molecular weight excluding hydrogens is 400 g/mol. The normalized spacial score (nSPS) is 14.0. The number of rotatable bonds is 5. The van der Waals surface area contributed by atoms with Gasteiger partial charge in [-0.2, -0.15) is 5.10 Å². The van der Waals surface area contributed by atoms with Gasteiger partial charge in [-0.05, 0) is 24.6 Å². The van der Waals surface area contributed by atoms with Crippen LogP contribution in [0.3, 0.4) is 0 Å². The van der Waals surface area contributed by atoms with Gasteiger partial charge in [0.25, 0.3) is 11.8 Å². The van der Waals surface area contributed by atoms with Crippen LogP contribution < -0.4 is 14.2 Å². The van der Waals surface area contributed by atoms with Gasteiger partial charge in [0.2, 0.25) is 5.75 Å². The number of carbonyl (C=O) groups is 2. The van der Waals surface area contributed by atoms with Gasteiger partial charge < -0.3 is 14.2 Å². The summed E-state index contributed by atoms with van der Waals surface area (Å²) in [5.41, 5.74) is 1.41. The summed E-state index contributed by atoms with van der Waals surface area (Å²) in [7, 11) is 6.23. The quantitative estimate of drug-likeness (QED) is 0.725. The maximum absolute atomic E-state index is 13.3. The first-order valence-electron chi connectivity index (χ1n) is 10.1. The van der Waals surface area contributed by atoms with Gasteiger partial charge in [0.15, 0.2) is 11.5 Å². The second-order valence-corrected chi connectivity index (χ2v) is 8.41. The highest BCUT2D eigenvalue weighted by Gasteiger charge is 2.35. The number of aromatic nitrogens is 2. The minimum Gasteiger partial charge on any atom is -0.493 e. The van der Waals surface area contributed by atoms with Gasteiger partial charge in [0.05, 0.1) is 27.0 Å². The molecule has 31 heavy (non-hydrogen) atoms. The summed E-state index contributed by atoms with van der Waals surface area (Å²) in [6, 6.07) is 4.97. The molecule has 1 saturated heterocycles. The van der Waals surface area contributed by atoms with Crippen LogP contribution in [-0.4, -0.2) is 66.0 Å². The van der Waals surface area contributed by atoms with Crippen molar-refractivity contribution in [2.75, 3.05) is 34.4 Å². The van der Waals surface area contributed by atoms with Crippen molar-refractivity contribution in [2.45, 2.75) is 32.6 Å². The lowest BCUT2D eigenvalue weighted by Crippen LogP contribution is -2.45. The maximum Gasteiger partial charge on any atom is 0.290 e. The molecule has 2 amide bonds. The molecule has 0 unspecified atom stereocenters. The van der Waals surface area contributed by atoms with Crippen LogP contribution in [0.1, 0.15) is 53.7 Å². The van der Waals surface area contributed by atoms with Crippen molar-refractivity contribution in [3.8, 4) is 17.2 Å². The van der Waals surface area contributed by atoms with Crippen molar-refractivity contribution >= 4 is 11.8 Å². The molecule has 2 heterocycles. The molecule has 0 atom stereocenters. The third-order valence-corrected chi connectivity index (χ3v) is 5.28. The lowest BCUT2D eigenvalue weighted by molar-refractivity contribution is 0.0179. The number of aryl methyl sites for hydroxylation is 1. The fourth-order valence-corrected chi connectivity index (χ4v) is 3.55. The van der Waals surface area contributed by atoms with E-state index in [1.165, 1.54) is 31.3 Å². The Labute approximate surface area is 182 Å². The molecule has 0 spiro atoms. The number of carbonyl (C=O) groups excluding carboxylic acids is 2. The lowest BCUT2D eigenvalue weighted by atomic mass is 9.92. The minimum atomic E-state index is -0.316. The molecule has 9 nitrogen and oxygen atoms in total. The first-order chi connectivity index (χ1) is 14.6. The van der Waals surface area contributed by atoms with Gasteiger partial charge in [0, 0.05) is 31.1 Å². The fraction of sp³-hybridized carbons (Fsp3) is 0.500. The van der Waals surface area contributed by atoms with E-state index in [4.69, 9.17) is 14.2 Å². The van der Waals surface area contributed by atoms with Gasteiger partial charge in [-0.15, -0.1) is 0 Å². The molecule has 1 aliphatic rings. The largest absolute Gasteiger partial charge is 0.493 e. The molecule has 1 aromatic carbocycles. The molecule has 2 aromatic rings. The summed E-state index contributed by atoms with van der Waals surface area (Å²) in [5, 5.41) is 7.43. The van der Waals surface area contributed by atoms with Crippen molar-refractivity contribution in [1.82, 2.24) is 19.8 Å². The first-order valence-corrected chi connectivity index (χ1v) is 10.1. The highest BCUT2D eigenvalue weighted by atomic mass is 16.5. The predicted molar refractivity (Wildman–Crippen MR) is 115 cm³/mol. The van der Waals surface area contributed by atoms with Crippen molar-refractivity contribution < 1.29 is 23.8 Å². The Morgan fingerprint density at radius 3 is 1.90 bits per heavy atom. The highest BCUT2D eigenvalue weighted by molar-refractivity contribution is 5.99. The average molecular weight is 431 g/mol. The molecule has 1 aromatic heterocycles. The third-order valence-electron chi connectivity index (χ3n) is 5.28. The summed E-state index contributed by atoms with van der Waals surface area (Å²) < 4.78 is 17.6. The Kier molecular flexibility index (Phi) is 6.15. The molecule has 1 aliphatic heterocycles. The molecule has 168 valence electrons. The van der Waals surface area contributed by atoms with Gasteiger partial charge in [-0.3, -0.25) is 14.3 Å². The molecule has 0 bridgehead atoms. The van der Waals surface area contributed by atoms with Crippen molar-refractivity contribution in [3.63, 3.8) is 0 Å². The Morgan fingerprint density at radius 1 is 0.903 bits per heavy atom. The van der Waals surface area contributed by atoms with E-state index in [1.807, 2.05) is 20.8 Å². The van der Waals surface area contributed by atoms with Crippen LogP contribution in [0.5, 0.6) is 17.2 Å². The summed E-state index contributed by atoms with van der Waals surface area (Å²) in [4.78, 5) is 26.6. The molecule has 3 rings (SSSR count). The number of nitrogens with zero attached hydrogens (tertiary/aromatic N) is 4. The molecule has 0 aliphatic carbocycles. The van der Waals surface area contributed by atoms with Gasteiger partial charge in [-0.1, -0.05) is 20.8 Å². The highest BCUT2D eigenvalue weighted by Crippen LogP contribution is 2.38. The van der Waals surface area contributed by atoms with Crippen LogP contribution in [0.4, 0.5) is 0 Å². The van der Waals surface area contributed by atoms with E-state index in [1.54, 1.807) is 29.9 Å². The van der Waals surface area contributed by atoms with Crippen LogP contribution in [-0.2, 0) is 12.5 Å². The number of ether oxygens (including phenoxy) is 3. The number of hydrogen-bond donors (Lipinski definition) is 0. The van der Waals surface area contributed by atoms with E-state index in [-0.39, 0.29) is 17.2 Å².